The molecule has 1 aromatic heterocycles. The van der Waals surface area contributed by atoms with Crippen LogP contribution in [-0.4, -0.2) is 43.9 Å². The molecular formula is C13H18N2O4S. The van der Waals surface area contributed by atoms with Crippen molar-refractivity contribution in [2.45, 2.75) is 20.3 Å². The van der Waals surface area contributed by atoms with E-state index in [1.54, 1.807) is 27.9 Å². The Balaban J connectivity index is 3.34. The smallest absolute Gasteiger partial charge is 0.341 e. The van der Waals surface area contributed by atoms with E-state index < -0.39 is 5.97 Å². The summed E-state index contributed by atoms with van der Waals surface area (Å²) in [6, 6.07) is 0. The van der Waals surface area contributed by atoms with Gasteiger partial charge in [-0.2, -0.15) is 0 Å². The molecule has 0 unspecified atom stereocenters. The minimum Gasteiger partial charge on any atom is -0.465 e. The third kappa shape index (κ3) is 3.16. The van der Waals surface area contributed by atoms with Gasteiger partial charge in [0.1, 0.15) is 5.00 Å². The van der Waals surface area contributed by atoms with Gasteiger partial charge in [0.25, 0.3) is 5.91 Å². The van der Waals surface area contributed by atoms with Crippen LogP contribution in [0.25, 0.3) is 0 Å². The quantitative estimate of drug-likeness (QED) is 0.861. The first-order valence-corrected chi connectivity index (χ1v) is 6.88. The number of hydrogen-bond acceptors (Lipinski definition) is 5. The monoisotopic (exact) mass is 298 g/mol. The number of esters is 1. The van der Waals surface area contributed by atoms with Crippen molar-refractivity contribution < 1.29 is 19.1 Å². The largest absolute Gasteiger partial charge is 0.465 e. The molecule has 0 saturated carbocycles. The Morgan fingerprint density at radius 1 is 1.30 bits per heavy atom. The van der Waals surface area contributed by atoms with Crippen LogP contribution in [0.3, 0.4) is 0 Å². The number of ether oxygens (including phenoxy) is 1. The zero-order chi connectivity index (χ0) is 15.4. The zero-order valence-electron chi connectivity index (χ0n) is 12.2. The van der Waals surface area contributed by atoms with Crippen molar-refractivity contribution in [3.05, 3.63) is 16.0 Å². The van der Waals surface area contributed by atoms with Gasteiger partial charge in [0.15, 0.2) is 0 Å². The standard InChI is InChI=1S/C13H18N2O4S/c1-6-8(16)14-11-9(13(18)19-5)7(2)10(20-11)12(17)15(3)4/h6H2,1-5H3,(H,14,16). The maximum atomic E-state index is 12.1. The van der Waals surface area contributed by atoms with Crippen molar-refractivity contribution >= 4 is 34.1 Å². The van der Waals surface area contributed by atoms with Gasteiger partial charge in [-0.15, -0.1) is 11.3 Å². The Labute approximate surface area is 121 Å². The van der Waals surface area contributed by atoms with E-state index in [0.29, 0.717) is 15.4 Å². The van der Waals surface area contributed by atoms with E-state index in [1.165, 1.54) is 12.0 Å². The molecule has 7 heteroatoms. The minimum atomic E-state index is -0.567. The number of carbonyl (C=O) groups excluding carboxylic acids is 3. The molecule has 0 aromatic carbocycles. The van der Waals surface area contributed by atoms with Crippen LogP contribution in [0.1, 0.15) is 38.9 Å². The molecule has 2 amide bonds. The fourth-order valence-electron chi connectivity index (χ4n) is 1.57. The highest BCUT2D eigenvalue weighted by atomic mass is 32.1. The Hall–Kier alpha value is -1.89. The third-order valence-corrected chi connectivity index (χ3v) is 3.91. The van der Waals surface area contributed by atoms with Crippen LogP contribution in [0, 0.1) is 6.92 Å². The molecule has 6 nitrogen and oxygen atoms in total. The molecule has 0 aliphatic carbocycles. The molecule has 1 heterocycles. The van der Waals surface area contributed by atoms with Gasteiger partial charge in [-0.25, -0.2) is 4.79 Å². The van der Waals surface area contributed by atoms with Gasteiger partial charge < -0.3 is 15.0 Å². The Bertz CT molecular complexity index is 549. The van der Waals surface area contributed by atoms with Gasteiger partial charge in [0, 0.05) is 20.5 Å². The van der Waals surface area contributed by atoms with Crippen LogP contribution in [0.2, 0.25) is 0 Å². The first-order valence-electron chi connectivity index (χ1n) is 6.06. The normalized spacial score (nSPS) is 10.1. The molecule has 0 fully saturated rings. The van der Waals surface area contributed by atoms with Crippen molar-refractivity contribution in [1.29, 1.82) is 0 Å². The number of methoxy groups -OCH3 is 1. The lowest BCUT2D eigenvalue weighted by molar-refractivity contribution is -0.115. The summed E-state index contributed by atoms with van der Waals surface area (Å²) in [7, 11) is 4.52. The number of nitrogens with zero attached hydrogens (tertiary/aromatic N) is 1. The number of thiophene rings is 1. The van der Waals surface area contributed by atoms with E-state index in [-0.39, 0.29) is 23.8 Å². The van der Waals surface area contributed by atoms with Gasteiger partial charge >= 0.3 is 5.97 Å². The van der Waals surface area contributed by atoms with E-state index in [2.05, 4.69) is 5.32 Å². The first kappa shape index (κ1) is 16.2. The molecule has 0 spiro atoms. The van der Waals surface area contributed by atoms with E-state index in [9.17, 15) is 14.4 Å². The molecule has 1 aromatic rings. The minimum absolute atomic E-state index is 0.213. The van der Waals surface area contributed by atoms with Crippen LogP contribution in [0.4, 0.5) is 5.00 Å². The molecule has 20 heavy (non-hydrogen) atoms. The molecule has 110 valence electrons. The summed E-state index contributed by atoms with van der Waals surface area (Å²) in [6.07, 6.45) is 0.286. The summed E-state index contributed by atoms with van der Waals surface area (Å²) >= 11 is 1.09. The van der Waals surface area contributed by atoms with Crippen LogP contribution in [0.5, 0.6) is 0 Å². The van der Waals surface area contributed by atoms with Crippen molar-refractivity contribution in [2.75, 3.05) is 26.5 Å². The number of rotatable bonds is 4. The second-order valence-electron chi connectivity index (χ2n) is 4.35. The highest BCUT2D eigenvalue weighted by Crippen LogP contribution is 2.34. The summed E-state index contributed by atoms with van der Waals surface area (Å²) in [6.45, 7) is 3.38. The SMILES string of the molecule is CCC(=O)Nc1sc(C(=O)N(C)C)c(C)c1C(=O)OC. The first-order chi connectivity index (χ1) is 9.33. The van der Waals surface area contributed by atoms with Gasteiger partial charge in [0.2, 0.25) is 5.91 Å². The molecule has 0 atom stereocenters. The molecule has 0 saturated heterocycles. The van der Waals surface area contributed by atoms with Crippen molar-refractivity contribution in [1.82, 2.24) is 4.90 Å². The third-order valence-electron chi connectivity index (χ3n) is 2.71. The average molecular weight is 298 g/mol. The van der Waals surface area contributed by atoms with Crippen molar-refractivity contribution in [3.8, 4) is 0 Å². The highest BCUT2D eigenvalue weighted by molar-refractivity contribution is 7.18. The van der Waals surface area contributed by atoms with Crippen LogP contribution in [0.15, 0.2) is 0 Å². The number of amides is 2. The summed E-state index contributed by atoms with van der Waals surface area (Å²) in [5.41, 5.74) is 0.761. The predicted octanol–water partition coefficient (Wildman–Crippen LogP) is 1.89. The highest BCUT2D eigenvalue weighted by Gasteiger charge is 2.26. The Morgan fingerprint density at radius 2 is 1.90 bits per heavy atom. The zero-order valence-corrected chi connectivity index (χ0v) is 13.0. The molecule has 1 rings (SSSR count). The summed E-state index contributed by atoms with van der Waals surface area (Å²) in [5.74, 6) is -1.00. The molecular weight excluding hydrogens is 280 g/mol. The maximum absolute atomic E-state index is 12.1. The fourth-order valence-corrected chi connectivity index (χ4v) is 2.80. The van der Waals surface area contributed by atoms with E-state index in [4.69, 9.17) is 4.74 Å². The van der Waals surface area contributed by atoms with E-state index >= 15 is 0 Å². The summed E-state index contributed by atoms with van der Waals surface area (Å²) < 4.78 is 4.72. The summed E-state index contributed by atoms with van der Waals surface area (Å²) in [4.78, 5) is 37.3. The van der Waals surface area contributed by atoms with Crippen LogP contribution >= 0.6 is 11.3 Å². The number of anilines is 1. The maximum Gasteiger partial charge on any atom is 0.341 e. The fraction of sp³-hybridized carbons (Fsp3) is 0.462. The lowest BCUT2D eigenvalue weighted by Crippen LogP contribution is -2.21. The molecule has 0 aliphatic heterocycles. The summed E-state index contributed by atoms with van der Waals surface area (Å²) in [5, 5.41) is 2.99. The number of carbonyl (C=O) groups is 3. The second kappa shape index (κ2) is 6.51. The number of hydrogen-bond donors (Lipinski definition) is 1. The lowest BCUT2D eigenvalue weighted by Gasteiger charge is -2.08. The van der Waals surface area contributed by atoms with Crippen molar-refractivity contribution in [2.24, 2.45) is 0 Å². The number of nitrogens with one attached hydrogen (secondary N) is 1. The predicted molar refractivity (Wildman–Crippen MR) is 77.3 cm³/mol. The van der Waals surface area contributed by atoms with Crippen LogP contribution in [-0.2, 0) is 9.53 Å². The molecule has 0 aliphatic rings. The van der Waals surface area contributed by atoms with Crippen molar-refractivity contribution in [3.63, 3.8) is 0 Å². The lowest BCUT2D eigenvalue weighted by atomic mass is 10.1. The van der Waals surface area contributed by atoms with Gasteiger partial charge in [0.05, 0.1) is 17.6 Å². The van der Waals surface area contributed by atoms with E-state index in [0.717, 1.165) is 11.3 Å². The van der Waals surface area contributed by atoms with Gasteiger partial charge in [-0.1, -0.05) is 6.92 Å². The van der Waals surface area contributed by atoms with E-state index in [1.807, 2.05) is 0 Å². The molecule has 0 bridgehead atoms. The Morgan fingerprint density at radius 3 is 2.35 bits per heavy atom. The van der Waals surface area contributed by atoms with Gasteiger partial charge in [-0.05, 0) is 12.5 Å². The second-order valence-corrected chi connectivity index (χ2v) is 5.37. The topological polar surface area (TPSA) is 75.7 Å². The molecule has 0 radical (unpaired) electrons. The van der Waals surface area contributed by atoms with Crippen LogP contribution < -0.4 is 5.32 Å². The Kier molecular flexibility index (Phi) is 5.26. The van der Waals surface area contributed by atoms with Gasteiger partial charge in [-0.3, -0.25) is 9.59 Å². The molecule has 1 N–H and O–H groups in total. The average Bonchev–Trinajstić information content (AvgIpc) is 2.73.